The smallest absolute Gasteiger partial charge is 0.0247 e. The monoisotopic (exact) mass is 288 g/mol. The van der Waals surface area contributed by atoms with Gasteiger partial charge in [0.15, 0.2) is 0 Å². The summed E-state index contributed by atoms with van der Waals surface area (Å²) in [4.78, 5) is 2.69. The number of nitrogens with one attached hydrogen (secondary N) is 1. The fourth-order valence-corrected chi connectivity index (χ4v) is 3.29. The van der Waals surface area contributed by atoms with E-state index in [0.29, 0.717) is 23.4 Å². The molecule has 1 aromatic rings. The highest BCUT2D eigenvalue weighted by molar-refractivity contribution is 5.22. The molecule has 0 saturated carbocycles. The van der Waals surface area contributed by atoms with Crippen LogP contribution in [-0.2, 0) is 6.54 Å². The first-order valence-electron chi connectivity index (χ1n) is 8.30. The highest BCUT2D eigenvalue weighted by Crippen LogP contribution is 2.26. The van der Waals surface area contributed by atoms with E-state index in [1.807, 2.05) is 0 Å². The second-order valence-corrected chi connectivity index (χ2v) is 8.06. The first-order chi connectivity index (χ1) is 9.77. The van der Waals surface area contributed by atoms with Crippen LogP contribution in [0.25, 0.3) is 0 Å². The van der Waals surface area contributed by atoms with Gasteiger partial charge >= 0.3 is 0 Å². The Bertz CT molecular complexity index is 459. The van der Waals surface area contributed by atoms with Crippen molar-refractivity contribution in [2.24, 2.45) is 11.3 Å². The lowest BCUT2D eigenvalue weighted by Crippen LogP contribution is -2.61. The van der Waals surface area contributed by atoms with Crippen molar-refractivity contribution in [2.45, 2.75) is 60.2 Å². The van der Waals surface area contributed by atoms with Crippen molar-refractivity contribution in [1.82, 2.24) is 10.2 Å². The van der Waals surface area contributed by atoms with Gasteiger partial charge in [0.1, 0.15) is 0 Å². The summed E-state index contributed by atoms with van der Waals surface area (Å²) in [5.74, 6) is 0.684. The van der Waals surface area contributed by atoms with Crippen LogP contribution in [0.4, 0.5) is 0 Å². The van der Waals surface area contributed by atoms with Gasteiger partial charge in [-0.3, -0.25) is 4.90 Å². The number of nitrogens with zero attached hydrogens (tertiary/aromatic N) is 1. The van der Waals surface area contributed by atoms with Crippen molar-refractivity contribution in [3.63, 3.8) is 0 Å². The summed E-state index contributed by atoms with van der Waals surface area (Å²) in [5, 5.41) is 3.78. The third-order valence-electron chi connectivity index (χ3n) is 4.74. The zero-order chi connectivity index (χ0) is 15.6. The van der Waals surface area contributed by atoms with Crippen molar-refractivity contribution in [1.29, 1.82) is 0 Å². The van der Waals surface area contributed by atoms with Gasteiger partial charge in [-0.1, -0.05) is 64.4 Å². The Hall–Kier alpha value is -0.860. The molecule has 1 aliphatic rings. The molecule has 1 fully saturated rings. The van der Waals surface area contributed by atoms with Crippen molar-refractivity contribution >= 4 is 0 Å². The fraction of sp³-hybridized carbons (Fsp3) is 0.684. The Labute approximate surface area is 130 Å². The van der Waals surface area contributed by atoms with Crippen LogP contribution in [0.5, 0.6) is 0 Å². The van der Waals surface area contributed by atoms with E-state index < -0.39 is 0 Å². The van der Waals surface area contributed by atoms with Crippen LogP contribution in [0.15, 0.2) is 24.3 Å². The van der Waals surface area contributed by atoms with Gasteiger partial charge in [-0.05, 0) is 23.8 Å². The molecule has 2 rings (SSSR count). The molecule has 0 spiro atoms. The van der Waals surface area contributed by atoms with Crippen molar-refractivity contribution in [2.75, 3.05) is 13.1 Å². The Morgan fingerprint density at radius 1 is 1.29 bits per heavy atom. The summed E-state index contributed by atoms with van der Waals surface area (Å²) in [7, 11) is 0. The molecule has 0 amide bonds. The average molecular weight is 288 g/mol. The van der Waals surface area contributed by atoms with E-state index in [1.54, 1.807) is 0 Å². The molecule has 2 heteroatoms. The van der Waals surface area contributed by atoms with Crippen LogP contribution < -0.4 is 5.32 Å². The minimum Gasteiger partial charge on any atom is -0.311 e. The molecule has 21 heavy (non-hydrogen) atoms. The Morgan fingerprint density at radius 3 is 2.57 bits per heavy atom. The molecule has 2 atom stereocenters. The number of hydrogen-bond donors (Lipinski definition) is 1. The second-order valence-electron chi connectivity index (χ2n) is 8.06. The van der Waals surface area contributed by atoms with E-state index >= 15 is 0 Å². The fourth-order valence-electron chi connectivity index (χ4n) is 3.29. The number of hydrogen-bond acceptors (Lipinski definition) is 2. The molecule has 2 nitrogen and oxygen atoms in total. The molecule has 118 valence electrons. The number of rotatable bonds is 3. The van der Waals surface area contributed by atoms with Gasteiger partial charge in [0, 0.05) is 31.7 Å². The number of aryl methyl sites for hydroxylation is 1. The summed E-state index contributed by atoms with van der Waals surface area (Å²) in [6.45, 7) is 17.2. The molecule has 1 aliphatic heterocycles. The number of benzene rings is 1. The van der Waals surface area contributed by atoms with Gasteiger partial charge in [0.25, 0.3) is 0 Å². The van der Waals surface area contributed by atoms with Crippen LogP contribution in [0.3, 0.4) is 0 Å². The Kier molecular flexibility index (Phi) is 5.11. The molecular weight excluding hydrogens is 256 g/mol. The largest absolute Gasteiger partial charge is 0.311 e. The van der Waals surface area contributed by atoms with Crippen molar-refractivity contribution in [3.05, 3.63) is 35.4 Å². The quantitative estimate of drug-likeness (QED) is 0.909. The minimum atomic E-state index is 0.312. The van der Waals surface area contributed by atoms with Crippen LogP contribution in [0.1, 0.15) is 45.7 Å². The van der Waals surface area contributed by atoms with Crippen LogP contribution in [0.2, 0.25) is 0 Å². The van der Waals surface area contributed by atoms with Gasteiger partial charge in [-0.2, -0.15) is 0 Å². The van der Waals surface area contributed by atoms with E-state index in [4.69, 9.17) is 0 Å². The zero-order valence-corrected chi connectivity index (χ0v) is 14.6. The van der Waals surface area contributed by atoms with E-state index in [1.165, 1.54) is 11.1 Å². The van der Waals surface area contributed by atoms with Gasteiger partial charge < -0.3 is 5.32 Å². The van der Waals surface area contributed by atoms with Crippen molar-refractivity contribution in [3.8, 4) is 0 Å². The Balaban J connectivity index is 2.14. The van der Waals surface area contributed by atoms with Crippen LogP contribution in [0, 0.1) is 18.3 Å². The van der Waals surface area contributed by atoms with E-state index in [-0.39, 0.29) is 0 Å². The third-order valence-corrected chi connectivity index (χ3v) is 4.74. The van der Waals surface area contributed by atoms with Gasteiger partial charge in [0.05, 0.1) is 0 Å². The highest BCUT2D eigenvalue weighted by atomic mass is 15.2. The van der Waals surface area contributed by atoms with E-state index in [9.17, 15) is 0 Å². The first-order valence-corrected chi connectivity index (χ1v) is 8.30. The average Bonchev–Trinajstić information content (AvgIpc) is 2.37. The lowest BCUT2D eigenvalue weighted by Gasteiger charge is -2.46. The number of piperazine rings is 1. The predicted molar refractivity (Wildman–Crippen MR) is 91.5 cm³/mol. The molecular formula is C19H32N2. The molecule has 0 radical (unpaired) electrons. The lowest BCUT2D eigenvalue weighted by atomic mass is 9.83. The predicted octanol–water partition coefficient (Wildman–Crippen LogP) is 3.84. The minimum absolute atomic E-state index is 0.312. The maximum absolute atomic E-state index is 3.78. The zero-order valence-electron chi connectivity index (χ0n) is 14.6. The maximum atomic E-state index is 3.78. The highest BCUT2D eigenvalue weighted by Gasteiger charge is 2.35. The van der Waals surface area contributed by atoms with Crippen LogP contribution >= 0.6 is 0 Å². The second kappa shape index (κ2) is 6.50. The van der Waals surface area contributed by atoms with Gasteiger partial charge in [0.2, 0.25) is 0 Å². The van der Waals surface area contributed by atoms with E-state index in [0.717, 1.165) is 19.6 Å². The summed E-state index contributed by atoms with van der Waals surface area (Å²) in [6, 6.07) is 10.1. The van der Waals surface area contributed by atoms with Crippen LogP contribution in [-0.4, -0.2) is 30.1 Å². The lowest BCUT2D eigenvalue weighted by molar-refractivity contribution is 0.0572. The summed E-state index contributed by atoms with van der Waals surface area (Å²) >= 11 is 0. The SMILES string of the molecule is Cc1cccc(CN2CC(C(C)(C)C)NCC2C(C)C)c1. The first kappa shape index (κ1) is 16.5. The molecule has 2 unspecified atom stereocenters. The van der Waals surface area contributed by atoms with Gasteiger partial charge in [-0.25, -0.2) is 0 Å². The molecule has 0 bridgehead atoms. The summed E-state index contributed by atoms with van der Waals surface area (Å²) in [6.07, 6.45) is 0. The third kappa shape index (κ3) is 4.31. The molecule has 1 heterocycles. The Morgan fingerprint density at radius 2 is 2.00 bits per heavy atom. The molecule has 1 saturated heterocycles. The molecule has 1 aromatic carbocycles. The summed E-state index contributed by atoms with van der Waals surface area (Å²) < 4.78 is 0. The summed E-state index contributed by atoms with van der Waals surface area (Å²) in [5.41, 5.74) is 3.11. The van der Waals surface area contributed by atoms with E-state index in [2.05, 4.69) is 76.0 Å². The molecule has 0 aromatic heterocycles. The maximum Gasteiger partial charge on any atom is 0.0247 e. The molecule has 1 N–H and O–H groups in total. The van der Waals surface area contributed by atoms with Crippen molar-refractivity contribution < 1.29 is 0 Å². The normalized spacial score (nSPS) is 24.5. The standard InChI is InChI=1S/C19H32N2/c1-14(2)17-11-20-18(19(4,5)6)13-21(17)12-16-9-7-8-15(3)10-16/h7-10,14,17-18,20H,11-13H2,1-6H3. The van der Waals surface area contributed by atoms with Gasteiger partial charge in [-0.15, -0.1) is 0 Å². The molecule has 0 aliphatic carbocycles. The topological polar surface area (TPSA) is 15.3 Å².